The predicted octanol–water partition coefficient (Wildman–Crippen LogP) is 1.42. The van der Waals surface area contributed by atoms with Crippen molar-refractivity contribution in [2.45, 2.75) is 19.9 Å². The van der Waals surface area contributed by atoms with Crippen LogP contribution in [0.3, 0.4) is 0 Å². The summed E-state index contributed by atoms with van der Waals surface area (Å²) in [6, 6.07) is 6.30. The zero-order chi connectivity index (χ0) is 13.0. The first-order valence-electron chi connectivity index (χ1n) is 5.80. The minimum Gasteiger partial charge on any atom is -0.383 e. The molecule has 2 rings (SSSR count). The number of ether oxygens (including phenoxy) is 1. The maximum Gasteiger partial charge on any atom is 0.143 e. The van der Waals surface area contributed by atoms with Crippen LogP contribution in [0.15, 0.2) is 24.5 Å². The Morgan fingerprint density at radius 2 is 2.28 bits per heavy atom. The monoisotopic (exact) mass is 247 g/mol. The molecule has 0 radical (unpaired) electrons. The molecule has 2 aromatic rings. The second kappa shape index (κ2) is 5.59. The first kappa shape index (κ1) is 12.5. The number of aromatic nitrogens is 4. The van der Waals surface area contributed by atoms with Crippen LogP contribution in [0.2, 0.25) is 0 Å². The van der Waals surface area contributed by atoms with Crippen LogP contribution in [0.5, 0.6) is 0 Å². The van der Waals surface area contributed by atoms with Gasteiger partial charge in [-0.15, -0.1) is 5.10 Å². The van der Waals surface area contributed by atoms with Gasteiger partial charge in [-0.3, -0.25) is 0 Å². The Hall–Kier alpha value is -1.95. The third-order valence-electron chi connectivity index (χ3n) is 2.65. The summed E-state index contributed by atoms with van der Waals surface area (Å²) in [4.78, 5) is 0. The van der Waals surface area contributed by atoms with Crippen molar-refractivity contribution in [1.29, 1.82) is 0 Å². The number of methoxy groups -OCH3 is 1. The summed E-state index contributed by atoms with van der Waals surface area (Å²) in [5, 5.41) is 14.5. The summed E-state index contributed by atoms with van der Waals surface area (Å²) < 4.78 is 6.75. The van der Waals surface area contributed by atoms with Gasteiger partial charge >= 0.3 is 0 Å². The molecule has 0 saturated carbocycles. The lowest BCUT2D eigenvalue weighted by Gasteiger charge is -2.17. The molecule has 1 heterocycles. The highest BCUT2D eigenvalue weighted by atomic mass is 16.5. The Morgan fingerprint density at radius 3 is 2.94 bits per heavy atom. The molecular weight excluding hydrogens is 230 g/mol. The van der Waals surface area contributed by atoms with Crippen LogP contribution in [0.25, 0.3) is 5.69 Å². The van der Waals surface area contributed by atoms with Crippen LogP contribution < -0.4 is 5.32 Å². The summed E-state index contributed by atoms with van der Waals surface area (Å²) >= 11 is 0. The van der Waals surface area contributed by atoms with Crippen molar-refractivity contribution in [3.05, 3.63) is 30.1 Å². The molecule has 6 heteroatoms. The number of anilines is 1. The summed E-state index contributed by atoms with van der Waals surface area (Å²) in [5.74, 6) is 0. The van der Waals surface area contributed by atoms with Gasteiger partial charge in [-0.2, -0.15) is 0 Å². The number of nitrogens with zero attached hydrogens (tertiary/aromatic N) is 4. The lowest BCUT2D eigenvalue weighted by molar-refractivity contribution is 0.190. The second-order valence-corrected chi connectivity index (χ2v) is 4.25. The van der Waals surface area contributed by atoms with Crippen molar-refractivity contribution in [2.24, 2.45) is 0 Å². The number of rotatable bonds is 5. The first-order chi connectivity index (χ1) is 8.70. The molecule has 0 fully saturated rings. The van der Waals surface area contributed by atoms with Gasteiger partial charge < -0.3 is 10.1 Å². The van der Waals surface area contributed by atoms with E-state index in [1.54, 1.807) is 18.1 Å². The zero-order valence-corrected chi connectivity index (χ0v) is 10.8. The van der Waals surface area contributed by atoms with Gasteiger partial charge in [0, 0.05) is 18.8 Å². The SMILES string of the molecule is COCC(C)Nc1cc(-n2cnnn2)ccc1C. The van der Waals surface area contributed by atoms with E-state index in [0.29, 0.717) is 6.61 Å². The first-order valence-corrected chi connectivity index (χ1v) is 5.80. The predicted molar refractivity (Wildman–Crippen MR) is 68.9 cm³/mol. The van der Waals surface area contributed by atoms with E-state index in [-0.39, 0.29) is 6.04 Å². The van der Waals surface area contributed by atoms with Crippen molar-refractivity contribution in [3.8, 4) is 5.69 Å². The molecule has 1 atom stereocenters. The van der Waals surface area contributed by atoms with Gasteiger partial charge in [0.15, 0.2) is 0 Å². The lowest BCUT2D eigenvalue weighted by Crippen LogP contribution is -2.21. The average Bonchev–Trinajstić information content (AvgIpc) is 2.86. The van der Waals surface area contributed by atoms with Crippen LogP contribution in [0.1, 0.15) is 12.5 Å². The van der Waals surface area contributed by atoms with Crippen LogP contribution >= 0.6 is 0 Å². The Labute approximate surface area is 106 Å². The molecule has 0 spiro atoms. The fourth-order valence-corrected chi connectivity index (χ4v) is 1.74. The topological polar surface area (TPSA) is 64.9 Å². The van der Waals surface area contributed by atoms with Crippen molar-refractivity contribution >= 4 is 5.69 Å². The highest BCUT2D eigenvalue weighted by Crippen LogP contribution is 2.19. The summed E-state index contributed by atoms with van der Waals surface area (Å²) in [5.41, 5.74) is 3.17. The Kier molecular flexibility index (Phi) is 3.88. The van der Waals surface area contributed by atoms with E-state index in [9.17, 15) is 0 Å². The Balaban J connectivity index is 2.22. The van der Waals surface area contributed by atoms with Crippen LogP contribution in [-0.4, -0.2) is 40.0 Å². The molecule has 96 valence electrons. The van der Waals surface area contributed by atoms with Crippen molar-refractivity contribution in [2.75, 3.05) is 19.0 Å². The number of benzene rings is 1. The molecule has 1 unspecified atom stereocenters. The van der Waals surface area contributed by atoms with E-state index in [0.717, 1.165) is 11.4 Å². The number of tetrazole rings is 1. The highest BCUT2D eigenvalue weighted by molar-refractivity contribution is 5.56. The average molecular weight is 247 g/mol. The molecular formula is C12H17N5O. The number of aryl methyl sites for hydroxylation is 1. The van der Waals surface area contributed by atoms with Gasteiger partial charge in [0.25, 0.3) is 0 Å². The molecule has 0 aliphatic heterocycles. The molecule has 1 aromatic carbocycles. The molecule has 1 aromatic heterocycles. The highest BCUT2D eigenvalue weighted by Gasteiger charge is 2.06. The van der Waals surface area contributed by atoms with Crippen molar-refractivity contribution < 1.29 is 4.74 Å². The number of nitrogens with one attached hydrogen (secondary N) is 1. The van der Waals surface area contributed by atoms with E-state index >= 15 is 0 Å². The smallest absolute Gasteiger partial charge is 0.143 e. The van der Waals surface area contributed by atoms with Crippen LogP contribution in [-0.2, 0) is 4.74 Å². The Bertz CT molecular complexity index is 497. The van der Waals surface area contributed by atoms with Gasteiger partial charge in [-0.1, -0.05) is 6.07 Å². The minimum absolute atomic E-state index is 0.248. The fourth-order valence-electron chi connectivity index (χ4n) is 1.74. The van der Waals surface area contributed by atoms with Gasteiger partial charge in [0.2, 0.25) is 0 Å². The number of hydrogen-bond donors (Lipinski definition) is 1. The molecule has 6 nitrogen and oxygen atoms in total. The molecule has 0 amide bonds. The Morgan fingerprint density at radius 1 is 1.44 bits per heavy atom. The van der Waals surface area contributed by atoms with Gasteiger partial charge in [-0.25, -0.2) is 4.68 Å². The third-order valence-corrected chi connectivity index (χ3v) is 2.65. The molecule has 0 aliphatic rings. The summed E-state index contributed by atoms with van der Waals surface area (Å²) in [7, 11) is 1.70. The zero-order valence-electron chi connectivity index (χ0n) is 10.8. The fraction of sp³-hybridized carbons (Fsp3) is 0.417. The second-order valence-electron chi connectivity index (χ2n) is 4.25. The van der Waals surface area contributed by atoms with E-state index in [4.69, 9.17) is 4.74 Å². The van der Waals surface area contributed by atoms with Gasteiger partial charge in [-0.05, 0) is 42.0 Å². The standard InChI is InChI=1S/C12H17N5O/c1-9-4-5-11(17-8-13-15-16-17)6-12(9)14-10(2)7-18-3/h4-6,8,10,14H,7H2,1-3H3. The molecule has 0 aliphatic carbocycles. The van der Waals surface area contributed by atoms with E-state index in [1.807, 2.05) is 18.2 Å². The van der Waals surface area contributed by atoms with E-state index in [2.05, 4.69) is 34.7 Å². The molecule has 18 heavy (non-hydrogen) atoms. The molecule has 0 bridgehead atoms. The van der Waals surface area contributed by atoms with E-state index in [1.165, 1.54) is 5.56 Å². The minimum atomic E-state index is 0.248. The molecule has 1 N–H and O–H groups in total. The van der Waals surface area contributed by atoms with Gasteiger partial charge in [0.05, 0.1) is 12.3 Å². The summed E-state index contributed by atoms with van der Waals surface area (Å²) in [6.45, 7) is 4.80. The molecule has 0 saturated heterocycles. The van der Waals surface area contributed by atoms with Crippen LogP contribution in [0.4, 0.5) is 5.69 Å². The van der Waals surface area contributed by atoms with Gasteiger partial charge in [0.1, 0.15) is 6.33 Å². The normalized spacial score (nSPS) is 12.4. The number of hydrogen-bond acceptors (Lipinski definition) is 5. The largest absolute Gasteiger partial charge is 0.383 e. The summed E-state index contributed by atoms with van der Waals surface area (Å²) in [6.07, 6.45) is 1.58. The van der Waals surface area contributed by atoms with E-state index < -0.39 is 0 Å². The van der Waals surface area contributed by atoms with Crippen molar-refractivity contribution in [1.82, 2.24) is 20.2 Å². The van der Waals surface area contributed by atoms with Crippen molar-refractivity contribution in [3.63, 3.8) is 0 Å². The quantitative estimate of drug-likeness (QED) is 0.865. The van der Waals surface area contributed by atoms with Crippen LogP contribution in [0, 0.1) is 6.92 Å². The lowest BCUT2D eigenvalue weighted by atomic mass is 10.1. The maximum atomic E-state index is 5.12. The maximum absolute atomic E-state index is 5.12. The third kappa shape index (κ3) is 2.84.